The number of phenols is 2. The van der Waals surface area contributed by atoms with Crippen LogP contribution in [-0.4, -0.2) is 10.2 Å². The molecule has 132 valence electrons. The molecule has 0 radical (unpaired) electrons. The fourth-order valence-electron chi connectivity index (χ4n) is 4.00. The molecule has 0 heterocycles. The van der Waals surface area contributed by atoms with Gasteiger partial charge in [0.1, 0.15) is 11.5 Å². The van der Waals surface area contributed by atoms with Gasteiger partial charge in [0.25, 0.3) is 0 Å². The van der Waals surface area contributed by atoms with Crippen LogP contribution in [0, 0.1) is 11.3 Å². The predicted octanol–water partition coefficient (Wildman–Crippen LogP) is 5.95. The summed E-state index contributed by atoms with van der Waals surface area (Å²) in [5, 5.41) is 29.8. The predicted molar refractivity (Wildman–Crippen MR) is 110 cm³/mol. The van der Waals surface area contributed by atoms with Gasteiger partial charge >= 0.3 is 0 Å². The highest BCUT2D eigenvalue weighted by atomic mass is 16.3. The molecule has 1 aliphatic rings. The van der Waals surface area contributed by atoms with E-state index in [2.05, 4.69) is 6.07 Å². The summed E-state index contributed by atoms with van der Waals surface area (Å²) in [7, 11) is 0. The van der Waals surface area contributed by atoms with Crippen molar-refractivity contribution in [3.05, 3.63) is 84.4 Å². The first-order valence-corrected chi connectivity index (χ1v) is 8.96. The standard InChI is InChI=1S/C25H15NO2/c26-14-15-5-8-20-22-10-7-16(27)12-24(22)19-4-2-1-3-18(19)21-9-6-17(28)13-25(21)23(20)11-15/h1-13,27-28H. The van der Waals surface area contributed by atoms with Crippen molar-refractivity contribution < 1.29 is 10.2 Å². The molecular formula is C25H15NO2. The first-order chi connectivity index (χ1) is 13.7. The molecule has 1 aliphatic carbocycles. The molecule has 0 unspecified atom stereocenters. The van der Waals surface area contributed by atoms with Crippen molar-refractivity contribution in [3.8, 4) is 62.1 Å². The second-order valence-electron chi connectivity index (χ2n) is 6.88. The maximum Gasteiger partial charge on any atom is 0.116 e. The fourth-order valence-corrected chi connectivity index (χ4v) is 4.00. The van der Waals surface area contributed by atoms with Gasteiger partial charge in [0.05, 0.1) is 11.6 Å². The molecule has 3 heteroatoms. The normalized spacial score (nSPS) is 11.1. The van der Waals surface area contributed by atoms with Gasteiger partial charge in [-0.05, 0) is 80.9 Å². The Bertz CT molecular complexity index is 1290. The largest absolute Gasteiger partial charge is 0.508 e. The summed E-state index contributed by atoms with van der Waals surface area (Å²) in [5.41, 5.74) is 8.16. The summed E-state index contributed by atoms with van der Waals surface area (Å²) in [6.07, 6.45) is 0. The van der Waals surface area contributed by atoms with Crippen molar-refractivity contribution in [3.63, 3.8) is 0 Å². The van der Waals surface area contributed by atoms with E-state index in [9.17, 15) is 15.5 Å². The van der Waals surface area contributed by atoms with Crippen LogP contribution in [0.3, 0.4) is 0 Å². The lowest BCUT2D eigenvalue weighted by Crippen LogP contribution is -1.97. The number of hydrogen-bond donors (Lipinski definition) is 2. The zero-order valence-corrected chi connectivity index (χ0v) is 14.8. The molecule has 0 atom stereocenters. The van der Waals surface area contributed by atoms with Crippen LogP contribution < -0.4 is 0 Å². The van der Waals surface area contributed by atoms with Crippen LogP contribution in [0.4, 0.5) is 0 Å². The zero-order valence-electron chi connectivity index (χ0n) is 14.8. The number of nitrogens with zero attached hydrogens (tertiary/aromatic N) is 1. The van der Waals surface area contributed by atoms with Crippen LogP contribution in [-0.2, 0) is 0 Å². The van der Waals surface area contributed by atoms with Gasteiger partial charge in [0.2, 0.25) is 0 Å². The van der Waals surface area contributed by atoms with Crippen LogP contribution in [0.25, 0.3) is 44.5 Å². The third kappa shape index (κ3) is 2.36. The van der Waals surface area contributed by atoms with Crippen molar-refractivity contribution >= 4 is 0 Å². The van der Waals surface area contributed by atoms with Gasteiger partial charge in [-0.15, -0.1) is 0 Å². The Kier molecular flexibility index (Phi) is 3.47. The molecule has 28 heavy (non-hydrogen) atoms. The van der Waals surface area contributed by atoms with Crippen LogP contribution in [0.5, 0.6) is 11.5 Å². The summed E-state index contributed by atoms with van der Waals surface area (Å²) < 4.78 is 0. The molecular weight excluding hydrogens is 346 g/mol. The Labute approximate surface area is 162 Å². The molecule has 0 bridgehead atoms. The summed E-state index contributed by atoms with van der Waals surface area (Å²) in [5.74, 6) is 0.381. The summed E-state index contributed by atoms with van der Waals surface area (Å²) in [4.78, 5) is 0. The minimum absolute atomic E-state index is 0.177. The molecule has 0 amide bonds. The lowest BCUT2D eigenvalue weighted by Gasteiger charge is -2.23. The molecule has 0 saturated carbocycles. The number of hydrogen-bond acceptors (Lipinski definition) is 3. The van der Waals surface area contributed by atoms with E-state index < -0.39 is 0 Å². The van der Waals surface area contributed by atoms with E-state index in [4.69, 9.17) is 0 Å². The molecule has 4 aromatic carbocycles. The maximum absolute atomic E-state index is 10.2. The number of phenolic OH excluding ortho intramolecular Hbond substituents is 2. The van der Waals surface area contributed by atoms with E-state index in [1.54, 1.807) is 30.3 Å². The maximum atomic E-state index is 10.2. The van der Waals surface area contributed by atoms with Gasteiger partial charge < -0.3 is 10.2 Å². The number of fused-ring (bicyclic) bond motifs is 8. The number of rotatable bonds is 0. The molecule has 4 aromatic rings. The summed E-state index contributed by atoms with van der Waals surface area (Å²) >= 11 is 0. The highest BCUT2D eigenvalue weighted by Gasteiger charge is 2.22. The highest BCUT2D eigenvalue weighted by molar-refractivity contribution is 6.03. The van der Waals surface area contributed by atoms with E-state index in [-0.39, 0.29) is 11.5 Å². The Morgan fingerprint density at radius 1 is 0.500 bits per heavy atom. The van der Waals surface area contributed by atoms with E-state index in [0.29, 0.717) is 5.56 Å². The van der Waals surface area contributed by atoms with Gasteiger partial charge in [-0.1, -0.05) is 42.5 Å². The van der Waals surface area contributed by atoms with Crippen molar-refractivity contribution in [2.45, 2.75) is 0 Å². The topological polar surface area (TPSA) is 64.2 Å². The monoisotopic (exact) mass is 361 g/mol. The molecule has 3 nitrogen and oxygen atoms in total. The van der Waals surface area contributed by atoms with Crippen molar-refractivity contribution in [1.29, 1.82) is 5.26 Å². The lowest BCUT2D eigenvalue weighted by atomic mass is 9.80. The van der Waals surface area contributed by atoms with Crippen molar-refractivity contribution in [1.82, 2.24) is 0 Å². The molecule has 0 spiro atoms. The lowest BCUT2D eigenvalue weighted by molar-refractivity contribution is 0.475. The molecule has 0 aliphatic heterocycles. The van der Waals surface area contributed by atoms with E-state index in [1.807, 2.05) is 48.5 Å². The number of nitriles is 1. The Balaban J connectivity index is 2.00. The molecule has 0 aromatic heterocycles. The minimum Gasteiger partial charge on any atom is -0.508 e. The average Bonchev–Trinajstić information content (AvgIpc) is 2.72. The summed E-state index contributed by atoms with van der Waals surface area (Å²) in [6.45, 7) is 0. The van der Waals surface area contributed by atoms with Crippen molar-refractivity contribution in [2.24, 2.45) is 0 Å². The van der Waals surface area contributed by atoms with Gasteiger partial charge in [-0.2, -0.15) is 5.26 Å². The van der Waals surface area contributed by atoms with Crippen LogP contribution in [0.2, 0.25) is 0 Å². The Hall–Kier alpha value is -4.03. The Morgan fingerprint density at radius 2 is 0.929 bits per heavy atom. The smallest absolute Gasteiger partial charge is 0.116 e. The number of benzene rings is 4. The van der Waals surface area contributed by atoms with Crippen molar-refractivity contribution in [2.75, 3.05) is 0 Å². The van der Waals surface area contributed by atoms with Gasteiger partial charge in [-0.25, -0.2) is 0 Å². The third-order valence-corrected chi connectivity index (χ3v) is 5.24. The quantitative estimate of drug-likeness (QED) is 0.358. The minimum atomic E-state index is 0.177. The van der Waals surface area contributed by atoms with E-state index in [0.717, 1.165) is 44.5 Å². The van der Waals surface area contributed by atoms with E-state index >= 15 is 0 Å². The van der Waals surface area contributed by atoms with Crippen LogP contribution >= 0.6 is 0 Å². The fraction of sp³-hybridized carbons (Fsp3) is 0. The van der Waals surface area contributed by atoms with Gasteiger partial charge in [0.15, 0.2) is 0 Å². The van der Waals surface area contributed by atoms with Crippen LogP contribution in [0.15, 0.2) is 78.9 Å². The highest BCUT2D eigenvalue weighted by Crippen LogP contribution is 2.49. The molecule has 0 saturated heterocycles. The molecule has 0 fully saturated rings. The first-order valence-electron chi connectivity index (χ1n) is 8.96. The Morgan fingerprint density at radius 3 is 1.50 bits per heavy atom. The number of aromatic hydroxyl groups is 2. The van der Waals surface area contributed by atoms with Gasteiger partial charge in [0, 0.05) is 0 Å². The first kappa shape index (κ1) is 16.2. The molecule has 5 rings (SSSR count). The van der Waals surface area contributed by atoms with Crippen LogP contribution in [0.1, 0.15) is 5.56 Å². The van der Waals surface area contributed by atoms with E-state index in [1.165, 1.54) is 0 Å². The SMILES string of the molecule is N#Cc1ccc2c(c1)-c1cc(O)ccc1-c1ccccc1-c1cc(O)ccc1-2. The summed E-state index contributed by atoms with van der Waals surface area (Å²) in [6, 6.07) is 26.5. The second-order valence-corrected chi connectivity index (χ2v) is 6.88. The third-order valence-electron chi connectivity index (χ3n) is 5.24. The molecule has 2 N–H and O–H groups in total. The second kappa shape index (κ2) is 6.00. The van der Waals surface area contributed by atoms with Gasteiger partial charge in [-0.3, -0.25) is 0 Å². The zero-order chi connectivity index (χ0) is 19.3. The average molecular weight is 361 g/mol.